The van der Waals surface area contributed by atoms with Crippen molar-refractivity contribution in [1.29, 1.82) is 0 Å². The predicted molar refractivity (Wildman–Crippen MR) is 128 cm³/mol. The van der Waals surface area contributed by atoms with Gasteiger partial charge in [0, 0.05) is 13.6 Å². The first-order chi connectivity index (χ1) is 13.5. The number of hydrogen-bond donors (Lipinski definition) is 2. The molecule has 0 aromatic heterocycles. The molecule has 3 aromatic rings. The van der Waals surface area contributed by atoms with E-state index < -0.39 is 0 Å². The average molecular weight is 567 g/mol. The number of amides is 1. The molecule has 142 valence electrons. The van der Waals surface area contributed by atoms with Crippen molar-refractivity contribution in [2.75, 3.05) is 5.32 Å². The van der Waals surface area contributed by atoms with E-state index >= 15 is 0 Å². The van der Waals surface area contributed by atoms with Crippen molar-refractivity contribution in [2.24, 2.45) is 0 Å². The Hall–Kier alpha value is -1.97. The van der Waals surface area contributed by atoms with E-state index in [9.17, 15) is 4.79 Å². The fourth-order valence-corrected chi connectivity index (χ4v) is 4.00. The Morgan fingerprint density at radius 1 is 1.04 bits per heavy atom. The second kappa shape index (κ2) is 9.99. The molecule has 0 fully saturated rings. The minimum atomic E-state index is -0.278. The first kappa shape index (κ1) is 20.8. The van der Waals surface area contributed by atoms with E-state index in [1.54, 1.807) is 24.3 Å². The highest BCUT2D eigenvalue weighted by atomic mass is 127. The minimum Gasteiger partial charge on any atom is -0.489 e. The summed E-state index contributed by atoms with van der Waals surface area (Å²) in [5, 5.41) is 5.97. The van der Waals surface area contributed by atoms with E-state index in [4.69, 9.17) is 17.0 Å². The number of ether oxygens (including phenoxy) is 1. The van der Waals surface area contributed by atoms with Gasteiger partial charge < -0.3 is 10.1 Å². The van der Waals surface area contributed by atoms with Crippen LogP contribution in [0.1, 0.15) is 15.9 Å². The molecule has 28 heavy (non-hydrogen) atoms. The van der Waals surface area contributed by atoms with Crippen molar-refractivity contribution < 1.29 is 9.53 Å². The molecule has 0 bridgehead atoms. The molecule has 0 radical (unpaired) electrons. The van der Waals surface area contributed by atoms with Gasteiger partial charge in [0.15, 0.2) is 5.11 Å². The number of rotatable bonds is 5. The molecule has 3 rings (SSSR count). The van der Waals surface area contributed by atoms with Gasteiger partial charge in [-0.25, -0.2) is 0 Å². The summed E-state index contributed by atoms with van der Waals surface area (Å²) in [5.74, 6) is 0.421. The molecule has 7 heteroatoms. The van der Waals surface area contributed by atoms with Gasteiger partial charge in [0.2, 0.25) is 0 Å². The van der Waals surface area contributed by atoms with Crippen LogP contribution in [-0.4, -0.2) is 11.0 Å². The number of thiocarbonyl (C=S) groups is 1. The highest BCUT2D eigenvalue weighted by molar-refractivity contribution is 14.1. The molecule has 0 saturated carbocycles. The second-order valence-electron chi connectivity index (χ2n) is 5.83. The summed E-state index contributed by atoms with van der Waals surface area (Å²) in [6, 6.07) is 22.6. The number of nitrogens with one attached hydrogen (secondary N) is 2. The Labute approximate surface area is 191 Å². The van der Waals surface area contributed by atoms with E-state index in [0.717, 1.165) is 19.3 Å². The molecule has 2 N–H and O–H groups in total. The van der Waals surface area contributed by atoms with Crippen molar-refractivity contribution in [3.63, 3.8) is 0 Å². The Kier molecular flexibility index (Phi) is 7.41. The lowest BCUT2D eigenvalue weighted by molar-refractivity contribution is 0.0977. The van der Waals surface area contributed by atoms with Crippen LogP contribution in [0, 0.1) is 3.57 Å². The van der Waals surface area contributed by atoms with Gasteiger partial charge in [0.1, 0.15) is 12.4 Å². The Balaban J connectivity index is 1.54. The van der Waals surface area contributed by atoms with E-state index in [0.29, 0.717) is 17.9 Å². The Morgan fingerprint density at radius 2 is 1.75 bits per heavy atom. The summed E-state index contributed by atoms with van der Waals surface area (Å²) in [5.41, 5.74) is 2.42. The van der Waals surface area contributed by atoms with Crippen molar-refractivity contribution in [3.8, 4) is 5.75 Å². The monoisotopic (exact) mass is 566 g/mol. The van der Waals surface area contributed by atoms with Gasteiger partial charge >= 0.3 is 0 Å². The zero-order chi connectivity index (χ0) is 19.9. The largest absolute Gasteiger partial charge is 0.489 e. The summed E-state index contributed by atoms with van der Waals surface area (Å²) >= 11 is 10.9. The molecule has 0 heterocycles. The predicted octanol–water partition coefficient (Wildman–Crippen LogP) is 5.76. The van der Waals surface area contributed by atoms with Crippen LogP contribution in [0.5, 0.6) is 5.75 Å². The van der Waals surface area contributed by atoms with Gasteiger partial charge in [-0.1, -0.05) is 46.3 Å². The molecule has 0 aliphatic rings. The Bertz CT molecular complexity index is 981. The highest BCUT2D eigenvalue weighted by Gasteiger charge is 2.09. The number of benzene rings is 3. The maximum atomic E-state index is 12.4. The molecule has 1 amide bonds. The minimum absolute atomic E-state index is 0.245. The lowest BCUT2D eigenvalue weighted by Gasteiger charge is -2.12. The molecule has 0 atom stereocenters. The lowest BCUT2D eigenvalue weighted by Crippen LogP contribution is -2.34. The third-order valence-electron chi connectivity index (χ3n) is 3.77. The topological polar surface area (TPSA) is 50.4 Å². The molecule has 0 unspecified atom stereocenters. The van der Waals surface area contributed by atoms with E-state index in [1.807, 2.05) is 48.5 Å². The zero-order valence-corrected chi connectivity index (χ0v) is 19.2. The summed E-state index contributed by atoms with van der Waals surface area (Å²) < 4.78 is 7.70. The van der Waals surface area contributed by atoms with Crippen LogP contribution in [0.3, 0.4) is 0 Å². The molecule has 3 aromatic carbocycles. The summed E-state index contributed by atoms with van der Waals surface area (Å²) in [4.78, 5) is 12.4. The van der Waals surface area contributed by atoms with Gasteiger partial charge in [-0.3, -0.25) is 10.1 Å². The fraction of sp³-hybridized carbons (Fsp3) is 0.0476. The van der Waals surface area contributed by atoms with Gasteiger partial charge in [-0.15, -0.1) is 0 Å². The van der Waals surface area contributed by atoms with Crippen LogP contribution < -0.4 is 15.4 Å². The van der Waals surface area contributed by atoms with Crippen molar-refractivity contribution in [3.05, 3.63) is 92.0 Å². The quantitative estimate of drug-likeness (QED) is 0.304. The smallest absolute Gasteiger partial charge is 0.257 e. The Morgan fingerprint density at radius 3 is 2.43 bits per heavy atom. The first-order valence-electron chi connectivity index (χ1n) is 8.35. The van der Waals surface area contributed by atoms with Crippen LogP contribution in [0.15, 0.2) is 77.3 Å². The van der Waals surface area contributed by atoms with Crippen LogP contribution in [-0.2, 0) is 6.61 Å². The normalized spacial score (nSPS) is 10.2. The van der Waals surface area contributed by atoms with Gasteiger partial charge in [-0.05, 0) is 82.8 Å². The molecular formula is C21H16BrIN2O2S. The van der Waals surface area contributed by atoms with Crippen LogP contribution >= 0.6 is 50.7 Å². The van der Waals surface area contributed by atoms with Gasteiger partial charge in [0.05, 0.1) is 5.69 Å². The van der Waals surface area contributed by atoms with Crippen LogP contribution in [0.4, 0.5) is 5.69 Å². The number of anilines is 1. The molecule has 0 aliphatic heterocycles. The fourth-order valence-electron chi connectivity index (χ4n) is 2.36. The second-order valence-corrected chi connectivity index (χ2v) is 8.32. The van der Waals surface area contributed by atoms with Crippen molar-refractivity contribution in [2.45, 2.75) is 6.61 Å². The molecule has 4 nitrogen and oxygen atoms in total. The number of carbonyl (C=O) groups excluding carboxylic acids is 1. The third-order valence-corrected chi connectivity index (χ3v) is 5.36. The zero-order valence-electron chi connectivity index (χ0n) is 14.6. The number of halogens is 2. The van der Waals surface area contributed by atoms with Crippen LogP contribution in [0.2, 0.25) is 0 Å². The van der Waals surface area contributed by atoms with E-state index in [-0.39, 0.29) is 11.0 Å². The van der Waals surface area contributed by atoms with E-state index in [1.165, 1.54) is 0 Å². The summed E-state index contributed by atoms with van der Waals surface area (Å²) in [7, 11) is 0. The lowest BCUT2D eigenvalue weighted by atomic mass is 10.2. The van der Waals surface area contributed by atoms with Crippen molar-refractivity contribution >= 4 is 67.4 Å². The maximum absolute atomic E-state index is 12.4. The highest BCUT2D eigenvalue weighted by Crippen LogP contribution is 2.22. The summed E-state index contributed by atoms with van der Waals surface area (Å²) in [6.07, 6.45) is 0. The third kappa shape index (κ3) is 6.02. The number of carbonyl (C=O) groups is 1. The summed E-state index contributed by atoms with van der Waals surface area (Å²) in [6.45, 7) is 0.478. The molecule has 0 aliphatic carbocycles. The molecule has 0 spiro atoms. The number of hydrogen-bond acceptors (Lipinski definition) is 3. The van der Waals surface area contributed by atoms with Gasteiger partial charge in [-0.2, -0.15) is 0 Å². The van der Waals surface area contributed by atoms with E-state index in [2.05, 4.69) is 49.2 Å². The SMILES string of the molecule is O=C(NC(=S)Nc1ccc(Br)cc1I)c1ccc(OCc2ccccc2)cc1. The van der Waals surface area contributed by atoms with Crippen LogP contribution in [0.25, 0.3) is 0 Å². The first-order valence-corrected chi connectivity index (χ1v) is 10.6. The standard InChI is InChI=1S/C21H16BrIN2O2S/c22-16-8-11-19(18(23)12-16)24-21(28)25-20(26)15-6-9-17(10-7-15)27-13-14-4-2-1-3-5-14/h1-12H,13H2,(H2,24,25,26,28). The maximum Gasteiger partial charge on any atom is 0.257 e. The average Bonchev–Trinajstić information content (AvgIpc) is 2.69. The van der Waals surface area contributed by atoms with Gasteiger partial charge in [0.25, 0.3) is 5.91 Å². The molecule has 0 saturated heterocycles. The molecular weight excluding hydrogens is 551 g/mol. The van der Waals surface area contributed by atoms with Crippen molar-refractivity contribution in [1.82, 2.24) is 5.32 Å².